The molecule has 10 nitrogen and oxygen atoms in total. The van der Waals surface area contributed by atoms with Crippen LogP contribution in [0.4, 0.5) is 11.4 Å². The van der Waals surface area contributed by atoms with Crippen LogP contribution in [0.5, 0.6) is 5.75 Å². The normalized spacial score (nSPS) is 16.1. The zero-order valence-electron chi connectivity index (χ0n) is 20.6. The van der Waals surface area contributed by atoms with E-state index in [0.29, 0.717) is 26.9 Å². The van der Waals surface area contributed by atoms with Gasteiger partial charge >= 0.3 is 5.69 Å². The van der Waals surface area contributed by atoms with E-state index in [2.05, 4.69) is 6.07 Å². The molecule has 0 saturated carbocycles. The molecule has 0 N–H and O–H groups in total. The number of aromatic nitrogens is 1. The molecule has 194 valence electrons. The van der Waals surface area contributed by atoms with Gasteiger partial charge in [0, 0.05) is 23.8 Å². The number of nitro groups is 2. The molecule has 4 aromatic rings. The summed E-state index contributed by atoms with van der Waals surface area (Å²) in [5, 5.41) is 23.1. The van der Waals surface area contributed by atoms with Gasteiger partial charge in [-0.05, 0) is 47.2 Å². The molecule has 0 radical (unpaired) electrons. The molecule has 2 aliphatic rings. The summed E-state index contributed by atoms with van der Waals surface area (Å²) in [6.07, 6.45) is 3.01. The highest BCUT2D eigenvalue weighted by Gasteiger charge is 2.33. The second kappa shape index (κ2) is 9.44. The fourth-order valence-electron chi connectivity index (χ4n) is 5.22. The first kappa shape index (κ1) is 24.4. The van der Waals surface area contributed by atoms with Crippen LogP contribution in [0.15, 0.2) is 82.1 Å². The zero-order valence-corrected chi connectivity index (χ0v) is 21.4. The third-order valence-electron chi connectivity index (χ3n) is 6.97. The van der Waals surface area contributed by atoms with Crippen LogP contribution in [0, 0.1) is 20.2 Å². The quantitative estimate of drug-likeness (QED) is 0.276. The average Bonchev–Trinajstić information content (AvgIpc) is 3.25. The van der Waals surface area contributed by atoms with E-state index >= 15 is 0 Å². The van der Waals surface area contributed by atoms with Gasteiger partial charge in [-0.25, -0.2) is 4.99 Å². The molecule has 1 aliphatic heterocycles. The van der Waals surface area contributed by atoms with E-state index in [1.165, 1.54) is 42.7 Å². The Morgan fingerprint density at radius 1 is 1.03 bits per heavy atom. The van der Waals surface area contributed by atoms with Gasteiger partial charge in [0.05, 0.1) is 33.2 Å². The number of rotatable bonds is 5. The maximum Gasteiger partial charge on any atom is 0.311 e. The van der Waals surface area contributed by atoms with Gasteiger partial charge in [-0.1, -0.05) is 53.8 Å². The number of aryl methyl sites for hydroxylation is 1. The van der Waals surface area contributed by atoms with Gasteiger partial charge in [0.15, 0.2) is 10.6 Å². The molecule has 0 amide bonds. The Morgan fingerprint density at radius 3 is 2.62 bits per heavy atom. The maximum atomic E-state index is 13.8. The minimum atomic E-state index is -0.572. The highest BCUT2D eigenvalue weighted by Crippen LogP contribution is 2.41. The SMILES string of the molecule is COc1ccc(/C=c2\sc3n(c2=O)[C@@H](c2cccc([N+](=O)[O-])c2)C2=C(N=3)c3ccccc3CC2)cc1[N+](=O)[O-]. The molecule has 0 fully saturated rings. The lowest BCUT2D eigenvalue weighted by molar-refractivity contribution is -0.385. The molecule has 0 unspecified atom stereocenters. The van der Waals surface area contributed by atoms with Crippen LogP contribution in [-0.2, 0) is 6.42 Å². The maximum absolute atomic E-state index is 13.8. The Bertz CT molecular complexity index is 1910. The van der Waals surface area contributed by atoms with E-state index in [-0.39, 0.29) is 22.7 Å². The molecule has 0 spiro atoms. The van der Waals surface area contributed by atoms with Crippen LogP contribution in [0.1, 0.15) is 34.7 Å². The fourth-order valence-corrected chi connectivity index (χ4v) is 6.22. The zero-order chi connectivity index (χ0) is 27.3. The average molecular weight is 541 g/mol. The van der Waals surface area contributed by atoms with Gasteiger partial charge in [0.1, 0.15) is 0 Å². The van der Waals surface area contributed by atoms with Crippen molar-refractivity contribution in [2.24, 2.45) is 4.99 Å². The van der Waals surface area contributed by atoms with Gasteiger partial charge in [-0.3, -0.25) is 29.6 Å². The number of ether oxygens (including phenoxy) is 1. The van der Waals surface area contributed by atoms with E-state index in [4.69, 9.17) is 9.73 Å². The first-order valence-corrected chi connectivity index (χ1v) is 12.9. The van der Waals surface area contributed by atoms with Crippen molar-refractivity contribution >= 4 is 34.5 Å². The number of allylic oxidation sites excluding steroid dienone is 1. The van der Waals surface area contributed by atoms with Crippen molar-refractivity contribution in [3.8, 4) is 5.75 Å². The molecule has 2 heterocycles. The highest BCUT2D eigenvalue weighted by atomic mass is 32.1. The third-order valence-corrected chi connectivity index (χ3v) is 7.95. The van der Waals surface area contributed by atoms with Gasteiger partial charge in [-0.15, -0.1) is 0 Å². The second-order valence-electron chi connectivity index (χ2n) is 9.15. The van der Waals surface area contributed by atoms with Crippen molar-refractivity contribution in [2.45, 2.75) is 18.9 Å². The monoisotopic (exact) mass is 540 g/mol. The lowest BCUT2D eigenvalue weighted by atomic mass is 9.83. The summed E-state index contributed by atoms with van der Waals surface area (Å²) in [6.45, 7) is 0. The summed E-state index contributed by atoms with van der Waals surface area (Å²) < 4.78 is 7.01. The van der Waals surface area contributed by atoms with E-state index in [9.17, 15) is 25.0 Å². The third kappa shape index (κ3) is 4.12. The summed E-state index contributed by atoms with van der Waals surface area (Å²) in [7, 11) is 1.36. The van der Waals surface area contributed by atoms with Crippen molar-refractivity contribution in [3.05, 3.63) is 134 Å². The Morgan fingerprint density at radius 2 is 1.85 bits per heavy atom. The van der Waals surface area contributed by atoms with E-state index in [1.54, 1.807) is 28.8 Å². The van der Waals surface area contributed by atoms with Crippen molar-refractivity contribution in [1.29, 1.82) is 0 Å². The van der Waals surface area contributed by atoms with E-state index in [1.807, 2.05) is 18.2 Å². The predicted octanol–water partition coefficient (Wildman–Crippen LogP) is 4.14. The molecule has 39 heavy (non-hydrogen) atoms. The summed E-state index contributed by atoms with van der Waals surface area (Å²) >= 11 is 1.18. The van der Waals surface area contributed by atoms with Crippen LogP contribution < -0.4 is 19.6 Å². The van der Waals surface area contributed by atoms with Crippen LogP contribution in [0.25, 0.3) is 11.8 Å². The summed E-state index contributed by atoms with van der Waals surface area (Å²) in [4.78, 5) is 41.3. The summed E-state index contributed by atoms with van der Waals surface area (Å²) in [6, 6.07) is 18.2. The van der Waals surface area contributed by atoms with E-state index in [0.717, 1.165) is 28.8 Å². The van der Waals surface area contributed by atoms with Gasteiger partial charge in [-0.2, -0.15) is 0 Å². The minimum Gasteiger partial charge on any atom is -0.490 e. The lowest BCUT2D eigenvalue weighted by Crippen LogP contribution is -2.38. The number of non-ortho nitro benzene ring substituents is 1. The number of fused-ring (bicyclic) bond motifs is 3. The number of nitro benzene ring substituents is 2. The topological polar surface area (TPSA) is 130 Å². The second-order valence-corrected chi connectivity index (χ2v) is 10.2. The van der Waals surface area contributed by atoms with Crippen molar-refractivity contribution < 1.29 is 14.6 Å². The molecule has 0 bridgehead atoms. The number of hydrogen-bond acceptors (Lipinski definition) is 8. The minimum absolute atomic E-state index is 0.0597. The van der Waals surface area contributed by atoms with Gasteiger partial charge in [0.25, 0.3) is 11.2 Å². The van der Waals surface area contributed by atoms with Gasteiger partial charge in [0.2, 0.25) is 0 Å². The molecular weight excluding hydrogens is 520 g/mol. The smallest absolute Gasteiger partial charge is 0.311 e. The largest absolute Gasteiger partial charge is 0.490 e. The Balaban J connectivity index is 1.60. The molecule has 6 rings (SSSR count). The molecule has 3 aromatic carbocycles. The molecule has 1 atom stereocenters. The van der Waals surface area contributed by atoms with Crippen LogP contribution >= 0.6 is 11.3 Å². The highest BCUT2D eigenvalue weighted by molar-refractivity contribution is 7.07. The lowest BCUT2D eigenvalue weighted by Gasteiger charge is -2.30. The number of benzene rings is 3. The number of methoxy groups -OCH3 is 1. The number of thiazole rings is 1. The van der Waals surface area contributed by atoms with E-state index < -0.39 is 15.9 Å². The molecule has 1 aliphatic carbocycles. The Labute approximate surface area is 224 Å². The van der Waals surface area contributed by atoms with Gasteiger partial charge < -0.3 is 4.74 Å². The van der Waals surface area contributed by atoms with Crippen LogP contribution in [0.3, 0.4) is 0 Å². The number of hydrogen-bond donors (Lipinski definition) is 0. The standard InChI is InChI=1S/C28H20N4O6S/c1-38-23-12-9-16(13-22(23)32(36)37)14-24-27(33)30-26(18-6-4-7-19(15-18)31(34)35)21-11-10-17-5-2-3-8-20(17)25(21)29-28(30)39-24/h2-9,12-15,26H,10-11H2,1H3/b24-14-/t26-/m0/s1. The first-order chi connectivity index (χ1) is 18.9. The molecule has 11 heteroatoms. The Kier molecular flexibility index (Phi) is 5.92. The molecular formula is C28H20N4O6S. The molecule has 0 saturated heterocycles. The van der Waals surface area contributed by atoms with Crippen molar-refractivity contribution in [2.75, 3.05) is 7.11 Å². The van der Waals surface area contributed by atoms with Crippen LogP contribution in [-0.4, -0.2) is 21.5 Å². The van der Waals surface area contributed by atoms with Crippen LogP contribution in [0.2, 0.25) is 0 Å². The fraction of sp³-hybridized carbons (Fsp3) is 0.143. The number of nitrogens with zero attached hydrogens (tertiary/aromatic N) is 4. The van der Waals surface area contributed by atoms with Crippen molar-refractivity contribution in [3.63, 3.8) is 0 Å². The predicted molar refractivity (Wildman–Crippen MR) is 145 cm³/mol. The van der Waals surface area contributed by atoms with Crippen molar-refractivity contribution in [1.82, 2.24) is 4.57 Å². The molecule has 1 aromatic heterocycles. The Hall–Kier alpha value is -4.90. The first-order valence-electron chi connectivity index (χ1n) is 12.1. The summed E-state index contributed by atoms with van der Waals surface area (Å²) in [5.74, 6) is 0.121. The summed E-state index contributed by atoms with van der Waals surface area (Å²) in [5.41, 5.74) is 4.34.